The molecule has 1 aromatic rings. The van der Waals surface area contributed by atoms with Gasteiger partial charge in [-0.3, -0.25) is 34.2 Å². The van der Waals surface area contributed by atoms with Gasteiger partial charge in [0, 0.05) is 23.1 Å². The van der Waals surface area contributed by atoms with Crippen LogP contribution in [-0.4, -0.2) is 95.0 Å². The van der Waals surface area contributed by atoms with Crippen LogP contribution in [0.3, 0.4) is 0 Å². The number of piperidine rings is 1. The molecule has 3 N–H and O–H groups in total. The van der Waals surface area contributed by atoms with Crippen molar-refractivity contribution in [3.8, 4) is 0 Å². The topological polar surface area (TPSA) is 151 Å². The average molecular weight is 782 g/mol. The van der Waals surface area contributed by atoms with E-state index >= 15 is 0 Å². The molecule has 1 aromatic carbocycles. The van der Waals surface area contributed by atoms with Crippen LogP contribution in [-0.2, 0) is 23.9 Å². The number of imide groups is 2. The Labute approximate surface area is 266 Å². The second kappa shape index (κ2) is 15.0. The van der Waals surface area contributed by atoms with Crippen molar-refractivity contribution in [3.05, 3.63) is 47.0 Å². The van der Waals surface area contributed by atoms with Crippen LogP contribution in [0.25, 0.3) is 11.6 Å². The molecule has 2 aliphatic heterocycles. The molecule has 0 bridgehead atoms. The first kappa shape index (κ1) is 32.7. The Morgan fingerprint density at radius 2 is 1.67 bits per heavy atom. The molecule has 43 heavy (non-hydrogen) atoms. The quantitative estimate of drug-likeness (QED) is 0.149. The number of benzene rings is 1. The molecule has 0 aromatic heterocycles. The number of carbonyl (C=O) groups excluding carboxylic acids is 6. The molecule has 0 saturated carbocycles. The van der Waals surface area contributed by atoms with Crippen molar-refractivity contribution in [1.29, 1.82) is 0 Å². The second-order valence-corrected chi connectivity index (χ2v) is 13.2. The number of ether oxygens (including phenoxy) is 1. The van der Waals surface area contributed by atoms with Gasteiger partial charge in [-0.25, -0.2) is 0 Å². The van der Waals surface area contributed by atoms with Gasteiger partial charge < -0.3 is 4.74 Å². The molecule has 1 fully saturated rings. The van der Waals surface area contributed by atoms with Gasteiger partial charge in [0.2, 0.25) is 17.7 Å². The van der Waals surface area contributed by atoms with Crippen molar-refractivity contribution >= 4 is 70.4 Å². The minimum atomic E-state index is -1.14. The predicted octanol–water partition coefficient (Wildman–Crippen LogP) is 2.38. The van der Waals surface area contributed by atoms with Gasteiger partial charge >= 0.3 is 103 Å². The Balaban J connectivity index is 1.31. The molecule has 2 heterocycles. The molecule has 1 saturated heterocycles. The first-order valence-corrected chi connectivity index (χ1v) is 17.0. The Hall–Kier alpha value is -3.20. The normalized spacial score (nSPS) is 21.1. The maximum absolute atomic E-state index is 13.8. The number of hydrogen-bond donors (Lipinski definition) is 3. The summed E-state index contributed by atoms with van der Waals surface area (Å²) in [6, 6.07) is 4.01. The maximum atomic E-state index is 13.8. The van der Waals surface area contributed by atoms with Crippen molar-refractivity contribution in [1.82, 2.24) is 20.9 Å². The minimum Gasteiger partial charge on any atom is -0.295 e. The Morgan fingerprint density at radius 3 is 2.35 bits per heavy atom. The van der Waals surface area contributed by atoms with E-state index in [-0.39, 0.29) is 40.0 Å². The van der Waals surface area contributed by atoms with E-state index < -0.39 is 35.3 Å². The van der Waals surface area contributed by atoms with Crippen molar-refractivity contribution in [2.24, 2.45) is 0 Å². The number of nitrogens with zero attached hydrogens (tertiary/aromatic N) is 1. The van der Waals surface area contributed by atoms with Gasteiger partial charge in [-0.2, -0.15) is 0 Å². The number of hydrogen-bond acceptors (Lipinski definition) is 7. The number of carbonyl (C=O) groups is 6. The van der Waals surface area contributed by atoms with Crippen LogP contribution < -0.4 is 16.0 Å². The fraction of sp³-hybridized carbons (Fsp3) is 0.484. The van der Waals surface area contributed by atoms with Crippen LogP contribution in [0.2, 0.25) is 0 Å². The zero-order valence-corrected chi connectivity index (χ0v) is 28.9. The van der Waals surface area contributed by atoms with E-state index in [1.54, 1.807) is 43.4 Å². The zero-order valence-electron chi connectivity index (χ0n) is 24.4. The zero-order chi connectivity index (χ0) is 31.0. The smallest absolute Gasteiger partial charge is 0.262 e. The molecular weight excluding hydrogens is 745 g/mol. The molecule has 11 nitrogen and oxygen atoms in total. The molecule has 2 atom stereocenters. The monoisotopic (exact) mass is 782 g/mol. The van der Waals surface area contributed by atoms with E-state index in [1.807, 2.05) is 0 Å². The minimum absolute atomic E-state index is 0.0270. The summed E-state index contributed by atoms with van der Waals surface area (Å²) in [4.78, 5) is 75.9. The van der Waals surface area contributed by atoms with Gasteiger partial charge in [0.05, 0.1) is 0 Å². The SMILES string of the molecule is CC1(OCC(=O)NCCCCCCCCCN[C](=O)[Tl])C=Cc2cccc3c2C(=C1)C(=O)N(C1CCC(=O)NC1=O)C3=O. The number of nitrogens with one attached hydrogen (secondary N) is 3. The molecule has 1 aliphatic carbocycles. The second-order valence-electron chi connectivity index (χ2n) is 11.2. The van der Waals surface area contributed by atoms with Crippen molar-refractivity contribution in [2.45, 2.75) is 76.4 Å². The molecule has 0 radical (unpaired) electrons. The third-order valence-electron chi connectivity index (χ3n) is 7.80. The largest absolute Gasteiger partial charge is 0.295 e. The van der Waals surface area contributed by atoms with E-state index in [2.05, 4.69) is 16.0 Å². The summed E-state index contributed by atoms with van der Waals surface area (Å²) >= 11 is 0.350. The van der Waals surface area contributed by atoms with Gasteiger partial charge in [0.1, 0.15) is 18.2 Å². The summed E-state index contributed by atoms with van der Waals surface area (Å²) in [6.45, 7) is 2.81. The fourth-order valence-corrected chi connectivity index (χ4v) is 6.08. The molecule has 3 aliphatic rings. The van der Waals surface area contributed by atoms with Crippen LogP contribution in [0, 0.1) is 0 Å². The summed E-state index contributed by atoms with van der Waals surface area (Å²) in [7, 11) is 0. The summed E-state index contributed by atoms with van der Waals surface area (Å²) in [6.07, 6.45) is 12.5. The maximum Gasteiger partial charge on any atom is 0.262 e. The summed E-state index contributed by atoms with van der Waals surface area (Å²) < 4.78 is 6.18. The standard InChI is InChI=1S/C31H37N4O7.Tl/c1-31(42-19-26(38)33-17-8-6-4-2-3-5-7-16-32-20-36)15-14-21-10-9-11-22-27(21)23(18-31)30(41)35(29(22)40)24-12-13-25(37)34-28(24)39;/h9-11,14-15,18,24H,2-8,12-13,16-17,19H2,1H3,(H,32,36)(H,33,38)(H,34,37,39);. The summed E-state index contributed by atoms with van der Waals surface area (Å²) in [5.41, 5.74) is 0.465. The van der Waals surface area contributed by atoms with Gasteiger partial charge in [-0.05, 0) is 37.1 Å². The number of unbranched alkanes of at least 4 members (excludes halogenated alkanes) is 6. The van der Waals surface area contributed by atoms with Crippen LogP contribution >= 0.6 is 0 Å². The van der Waals surface area contributed by atoms with Gasteiger partial charge in [0.15, 0.2) is 0 Å². The molecule has 6 amide bonds. The fourth-order valence-electron chi connectivity index (χ4n) is 5.52. The molecular formula is C31H37N4O7Tl. The molecule has 12 heteroatoms. The molecule has 0 spiro atoms. The van der Waals surface area contributed by atoms with E-state index in [9.17, 15) is 28.8 Å². The van der Waals surface area contributed by atoms with E-state index in [0.717, 1.165) is 56.4 Å². The van der Waals surface area contributed by atoms with Gasteiger partial charge in [0.25, 0.3) is 11.8 Å². The number of rotatable bonds is 14. The molecule has 4 rings (SSSR count). The van der Waals surface area contributed by atoms with Crippen LogP contribution in [0.15, 0.2) is 30.4 Å². The first-order valence-electron chi connectivity index (χ1n) is 14.8. The van der Waals surface area contributed by atoms with E-state index in [1.165, 1.54) is 0 Å². The number of amides is 6. The summed E-state index contributed by atoms with van der Waals surface area (Å²) in [5, 5.41) is 7.97. The molecule has 226 valence electrons. The third-order valence-corrected chi connectivity index (χ3v) is 8.59. The van der Waals surface area contributed by atoms with Crippen molar-refractivity contribution < 1.29 is 33.5 Å². The Bertz CT molecular complexity index is 1360. The predicted molar refractivity (Wildman–Crippen MR) is 160 cm³/mol. The third kappa shape index (κ3) is 8.46. The van der Waals surface area contributed by atoms with Gasteiger partial charge in [-0.1, -0.05) is 18.2 Å². The van der Waals surface area contributed by atoms with Crippen molar-refractivity contribution in [2.75, 3.05) is 19.7 Å². The molecule has 2 unspecified atom stereocenters. The van der Waals surface area contributed by atoms with Gasteiger partial charge in [-0.15, -0.1) is 0 Å². The van der Waals surface area contributed by atoms with E-state index in [0.29, 0.717) is 43.4 Å². The van der Waals surface area contributed by atoms with Crippen molar-refractivity contribution in [3.63, 3.8) is 0 Å². The van der Waals surface area contributed by atoms with E-state index in [4.69, 9.17) is 4.74 Å². The average Bonchev–Trinajstić information content (AvgIpc) is 3.12. The van der Waals surface area contributed by atoms with Crippen LogP contribution in [0.4, 0.5) is 4.79 Å². The van der Waals surface area contributed by atoms with Crippen LogP contribution in [0.1, 0.15) is 86.2 Å². The Morgan fingerprint density at radius 1 is 1.00 bits per heavy atom. The van der Waals surface area contributed by atoms with Crippen LogP contribution in [0.5, 0.6) is 0 Å². The Kier molecular flexibility index (Phi) is 11.4. The summed E-state index contributed by atoms with van der Waals surface area (Å²) in [5.74, 6) is -2.62. The first-order chi connectivity index (χ1) is 20.6.